The predicted octanol–water partition coefficient (Wildman–Crippen LogP) is 2.93. The first-order valence-corrected chi connectivity index (χ1v) is 8.62. The predicted molar refractivity (Wildman–Crippen MR) is 97.2 cm³/mol. The highest BCUT2D eigenvalue weighted by Gasteiger charge is 2.08. The molecule has 0 aliphatic heterocycles. The quantitative estimate of drug-likeness (QED) is 0.579. The summed E-state index contributed by atoms with van der Waals surface area (Å²) in [6, 6.07) is 18.4. The lowest BCUT2D eigenvalue weighted by Crippen LogP contribution is -2.23. The fourth-order valence-corrected chi connectivity index (χ4v) is 3.50. The largest absolute Gasteiger partial charge is 0.291 e. The molecule has 0 radical (unpaired) electrons. The number of benzene rings is 2. The van der Waals surface area contributed by atoms with Crippen molar-refractivity contribution in [3.05, 3.63) is 80.9 Å². The lowest BCUT2D eigenvalue weighted by molar-refractivity contribution is 0.867. The van der Waals surface area contributed by atoms with Crippen molar-refractivity contribution in [1.82, 2.24) is 14.6 Å². The van der Waals surface area contributed by atoms with Crippen molar-refractivity contribution < 1.29 is 0 Å². The molecule has 2 heterocycles. The molecule has 0 aliphatic rings. The fourth-order valence-electron chi connectivity index (χ4n) is 2.58. The van der Waals surface area contributed by atoms with Crippen LogP contribution < -0.4 is 10.1 Å². The van der Waals surface area contributed by atoms with E-state index < -0.39 is 0 Å². The molecule has 4 aromatic rings. The van der Waals surface area contributed by atoms with Crippen LogP contribution in [0.3, 0.4) is 0 Å². The Hall–Kier alpha value is -2.79. The van der Waals surface area contributed by atoms with E-state index in [2.05, 4.69) is 34.3 Å². The molecule has 0 saturated carbocycles. The van der Waals surface area contributed by atoms with Crippen molar-refractivity contribution in [3.63, 3.8) is 0 Å². The van der Waals surface area contributed by atoms with E-state index in [1.165, 1.54) is 21.4 Å². The van der Waals surface area contributed by atoms with Crippen LogP contribution in [0.1, 0.15) is 18.3 Å². The molecule has 5 heteroatoms. The summed E-state index contributed by atoms with van der Waals surface area (Å²) >= 11 is 1.38. The summed E-state index contributed by atoms with van der Waals surface area (Å²) in [5, 5.41) is 4.23. The van der Waals surface area contributed by atoms with Crippen molar-refractivity contribution in [2.75, 3.05) is 0 Å². The van der Waals surface area contributed by atoms with Crippen LogP contribution in [0.4, 0.5) is 0 Å². The molecule has 0 spiro atoms. The van der Waals surface area contributed by atoms with E-state index in [1.807, 2.05) is 43.3 Å². The van der Waals surface area contributed by atoms with Gasteiger partial charge >= 0.3 is 0 Å². The minimum atomic E-state index is -0.102. The summed E-state index contributed by atoms with van der Waals surface area (Å²) in [7, 11) is 0. The van der Waals surface area contributed by atoms with Gasteiger partial charge in [-0.2, -0.15) is 4.52 Å². The van der Waals surface area contributed by atoms with Crippen molar-refractivity contribution in [2.45, 2.75) is 13.3 Å². The fraction of sp³-hybridized carbons (Fsp3) is 0.105. The van der Waals surface area contributed by atoms with Crippen LogP contribution in [0.5, 0.6) is 0 Å². The Morgan fingerprint density at radius 1 is 1.04 bits per heavy atom. The SMILES string of the molecule is CCc1nc2s/c(=C\c3ccc(-c4ccccc4)cc3)c(=O)n2n1. The maximum atomic E-state index is 12.4. The lowest BCUT2D eigenvalue weighted by atomic mass is 10.0. The van der Waals surface area contributed by atoms with Gasteiger partial charge in [-0.1, -0.05) is 72.9 Å². The zero-order chi connectivity index (χ0) is 16.5. The Labute approximate surface area is 142 Å². The third-order valence-corrected chi connectivity index (χ3v) is 4.82. The Morgan fingerprint density at radius 2 is 1.75 bits per heavy atom. The number of hydrogen-bond acceptors (Lipinski definition) is 4. The smallest absolute Gasteiger partial charge is 0.266 e. The minimum Gasteiger partial charge on any atom is -0.266 e. The van der Waals surface area contributed by atoms with Gasteiger partial charge < -0.3 is 0 Å². The molecule has 0 N–H and O–H groups in total. The summed E-state index contributed by atoms with van der Waals surface area (Å²) in [4.78, 5) is 17.4. The highest BCUT2D eigenvalue weighted by molar-refractivity contribution is 7.15. The molecule has 2 aromatic heterocycles. The van der Waals surface area contributed by atoms with E-state index in [1.54, 1.807) is 0 Å². The third-order valence-electron chi connectivity index (χ3n) is 3.86. The normalized spacial score (nSPS) is 12.1. The molecular formula is C19H15N3OS. The van der Waals surface area contributed by atoms with Gasteiger partial charge in [-0.25, -0.2) is 4.98 Å². The Kier molecular flexibility index (Phi) is 3.70. The van der Waals surface area contributed by atoms with Gasteiger partial charge in [-0.3, -0.25) is 4.79 Å². The van der Waals surface area contributed by atoms with Gasteiger partial charge in [0.05, 0.1) is 4.53 Å². The first-order chi connectivity index (χ1) is 11.7. The summed E-state index contributed by atoms with van der Waals surface area (Å²) in [5.74, 6) is 0.706. The van der Waals surface area contributed by atoms with Crippen LogP contribution in [0.2, 0.25) is 0 Å². The second kappa shape index (κ2) is 6.02. The molecule has 4 nitrogen and oxygen atoms in total. The number of rotatable bonds is 3. The van der Waals surface area contributed by atoms with E-state index >= 15 is 0 Å². The van der Waals surface area contributed by atoms with Crippen molar-refractivity contribution in [2.24, 2.45) is 0 Å². The highest BCUT2D eigenvalue weighted by Crippen LogP contribution is 2.19. The zero-order valence-corrected chi connectivity index (χ0v) is 14.0. The van der Waals surface area contributed by atoms with Crippen molar-refractivity contribution >= 4 is 22.4 Å². The van der Waals surface area contributed by atoms with Crippen LogP contribution in [-0.2, 0) is 6.42 Å². The van der Waals surface area contributed by atoms with E-state index in [9.17, 15) is 4.79 Å². The van der Waals surface area contributed by atoms with E-state index in [4.69, 9.17) is 0 Å². The maximum absolute atomic E-state index is 12.4. The molecular weight excluding hydrogens is 318 g/mol. The third kappa shape index (κ3) is 2.63. The van der Waals surface area contributed by atoms with Gasteiger partial charge in [-0.05, 0) is 22.8 Å². The van der Waals surface area contributed by atoms with Gasteiger partial charge in [0.15, 0.2) is 5.82 Å². The average Bonchev–Trinajstić information content (AvgIpc) is 3.16. The van der Waals surface area contributed by atoms with Crippen molar-refractivity contribution in [3.8, 4) is 11.1 Å². The van der Waals surface area contributed by atoms with Crippen molar-refractivity contribution in [1.29, 1.82) is 0 Å². The molecule has 0 unspecified atom stereocenters. The van der Waals surface area contributed by atoms with Gasteiger partial charge in [-0.15, -0.1) is 5.10 Å². The van der Waals surface area contributed by atoms with Crippen LogP contribution >= 0.6 is 11.3 Å². The van der Waals surface area contributed by atoms with Gasteiger partial charge in [0.2, 0.25) is 4.96 Å². The molecule has 0 atom stereocenters. The minimum absolute atomic E-state index is 0.102. The molecule has 0 bridgehead atoms. The van der Waals surface area contributed by atoms with E-state index in [-0.39, 0.29) is 5.56 Å². The molecule has 0 saturated heterocycles. The zero-order valence-electron chi connectivity index (χ0n) is 13.1. The lowest BCUT2D eigenvalue weighted by Gasteiger charge is -2.01. The summed E-state index contributed by atoms with van der Waals surface area (Å²) in [5.41, 5.74) is 3.23. The average molecular weight is 333 g/mol. The molecule has 4 rings (SSSR count). The molecule has 0 aliphatic carbocycles. The van der Waals surface area contributed by atoms with Gasteiger partial charge in [0, 0.05) is 6.42 Å². The van der Waals surface area contributed by atoms with E-state index in [0.717, 1.165) is 17.5 Å². The number of aryl methyl sites for hydroxylation is 1. The second-order valence-electron chi connectivity index (χ2n) is 5.48. The number of nitrogens with zero attached hydrogens (tertiary/aromatic N) is 3. The number of thiazole rings is 1. The first kappa shape index (κ1) is 14.8. The number of aromatic nitrogens is 3. The number of hydrogen-bond donors (Lipinski definition) is 0. The topological polar surface area (TPSA) is 47.3 Å². The van der Waals surface area contributed by atoms with Crippen LogP contribution in [0.25, 0.3) is 22.2 Å². The monoisotopic (exact) mass is 333 g/mol. The molecule has 0 fully saturated rings. The summed E-state index contributed by atoms with van der Waals surface area (Å²) in [6.45, 7) is 1.98. The number of fused-ring (bicyclic) bond motifs is 1. The highest BCUT2D eigenvalue weighted by atomic mass is 32.1. The summed E-state index contributed by atoms with van der Waals surface area (Å²) < 4.78 is 2.05. The molecule has 118 valence electrons. The maximum Gasteiger partial charge on any atom is 0.291 e. The Morgan fingerprint density at radius 3 is 2.42 bits per heavy atom. The van der Waals surface area contributed by atoms with Gasteiger partial charge in [0.1, 0.15) is 0 Å². The Bertz CT molecular complexity index is 1100. The van der Waals surface area contributed by atoms with Crippen LogP contribution in [-0.4, -0.2) is 14.6 Å². The second-order valence-corrected chi connectivity index (χ2v) is 6.49. The van der Waals surface area contributed by atoms with E-state index in [0.29, 0.717) is 15.3 Å². The first-order valence-electron chi connectivity index (χ1n) is 7.80. The summed E-state index contributed by atoms with van der Waals surface area (Å²) in [6.07, 6.45) is 2.62. The molecule has 0 amide bonds. The van der Waals surface area contributed by atoms with Crippen LogP contribution in [0, 0.1) is 0 Å². The van der Waals surface area contributed by atoms with Gasteiger partial charge in [0.25, 0.3) is 5.56 Å². The van der Waals surface area contributed by atoms with Crippen LogP contribution in [0.15, 0.2) is 59.4 Å². The molecule has 2 aromatic carbocycles. The standard InChI is InChI=1S/C19H15N3OS/c1-2-17-20-19-22(21-17)18(23)16(24-19)12-13-8-10-15(11-9-13)14-6-4-3-5-7-14/h3-12H,2H2,1H3/b16-12-. The Balaban J connectivity index is 1.72. The molecule has 24 heavy (non-hydrogen) atoms.